The van der Waals surface area contributed by atoms with Crippen molar-refractivity contribution in [3.63, 3.8) is 0 Å². The van der Waals surface area contributed by atoms with Gasteiger partial charge >= 0.3 is 12.6 Å². The molecular weight excluding hydrogens is 346 g/mol. The topological polar surface area (TPSA) is 74.5 Å². The van der Waals surface area contributed by atoms with Gasteiger partial charge in [0.05, 0.1) is 5.56 Å². The van der Waals surface area contributed by atoms with Gasteiger partial charge in [0.15, 0.2) is 6.10 Å². The van der Waals surface area contributed by atoms with Crippen LogP contribution >= 0.6 is 0 Å². The highest BCUT2D eigenvalue weighted by Crippen LogP contribution is 2.23. The fourth-order valence-electron chi connectivity index (χ4n) is 2.15. The van der Waals surface area contributed by atoms with E-state index in [1.807, 2.05) is 30.3 Å². The van der Waals surface area contributed by atoms with E-state index in [-0.39, 0.29) is 17.2 Å². The molecule has 3 rings (SSSR count). The van der Waals surface area contributed by atoms with Crippen LogP contribution in [0.15, 0.2) is 59.0 Å². The summed E-state index contributed by atoms with van der Waals surface area (Å²) < 4.78 is 39.3. The molecule has 134 valence electrons. The molecule has 3 aromatic rings. The predicted molar refractivity (Wildman–Crippen MR) is 86.6 cm³/mol. The summed E-state index contributed by atoms with van der Waals surface area (Å²) in [5.41, 5.74) is 0.931. The number of benzene rings is 2. The van der Waals surface area contributed by atoms with Crippen LogP contribution in [0.25, 0.3) is 11.5 Å². The SMILES string of the molecule is C[C@@H](OC(=O)c1ccc(OC(F)F)cc1)c1nnc(-c2ccccc2)o1. The highest BCUT2D eigenvalue weighted by Gasteiger charge is 2.20. The van der Waals surface area contributed by atoms with E-state index < -0.39 is 18.7 Å². The van der Waals surface area contributed by atoms with E-state index in [1.165, 1.54) is 24.3 Å². The van der Waals surface area contributed by atoms with Gasteiger partial charge in [0, 0.05) is 5.56 Å². The van der Waals surface area contributed by atoms with Gasteiger partial charge in [0.1, 0.15) is 5.75 Å². The number of ether oxygens (including phenoxy) is 2. The zero-order valence-corrected chi connectivity index (χ0v) is 13.6. The molecule has 0 saturated carbocycles. The second-order valence-electron chi connectivity index (χ2n) is 5.26. The minimum absolute atomic E-state index is 0.0472. The summed E-state index contributed by atoms with van der Waals surface area (Å²) in [7, 11) is 0. The van der Waals surface area contributed by atoms with Gasteiger partial charge in [0.2, 0.25) is 5.89 Å². The van der Waals surface area contributed by atoms with Crippen molar-refractivity contribution in [2.45, 2.75) is 19.6 Å². The van der Waals surface area contributed by atoms with Gasteiger partial charge in [-0.3, -0.25) is 0 Å². The van der Waals surface area contributed by atoms with Gasteiger partial charge < -0.3 is 13.9 Å². The van der Waals surface area contributed by atoms with Crippen LogP contribution in [0.5, 0.6) is 5.75 Å². The molecule has 1 atom stereocenters. The maximum atomic E-state index is 12.1. The number of alkyl halides is 2. The van der Waals surface area contributed by atoms with E-state index in [2.05, 4.69) is 14.9 Å². The summed E-state index contributed by atoms with van der Waals surface area (Å²) in [6.07, 6.45) is -0.774. The first-order chi connectivity index (χ1) is 12.5. The molecule has 0 N–H and O–H groups in total. The lowest BCUT2D eigenvalue weighted by Gasteiger charge is -2.10. The van der Waals surface area contributed by atoms with Crippen LogP contribution in [0.1, 0.15) is 29.3 Å². The first-order valence-electron chi connectivity index (χ1n) is 7.67. The normalized spacial score (nSPS) is 12.0. The van der Waals surface area contributed by atoms with E-state index in [1.54, 1.807) is 6.92 Å². The molecule has 0 aliphatic rings. The third kappa shape index (κ3) is 4.21. The highest BCUT2D eigenvalue weighted by atomic mass is 19.3. The number of carbonyl (C=O) groups is 1. The van der Waals surface area contributed by atoms with E-state index in [0.717, 1.165) is 5.56 Å². The minimum Gasteiger partial charge on any atom is -0.449 e. The van der Waals surface area contributed by atoms with Crippen molar-refractivity contribution >= 4 is 5.97 Å². The third-order valence-electron chi connectivity index (χ3n) is 3.41. The van der Waals surface area contributed by atoms with Crippen LogP contribution < -0.4 is 4.74 Å². The molecule has 1 heterocycles. The molecule has 1 aromatic heterocycles. The fraction of sp³-hybridized carbons (Fsp3) is 0.167. The predicted octanol–water partition coefficient (Wildman–Crippen LogP) is 4.26. The summed E-state index contributed by atoms with van der Waals surface area (Å²) in [5, 5.41) is 7.82. The van der Waals surface area contributed by atoms with E-state index in [4.69, 9.17) is 9.15 Å². The van der Waals surface area contributed by atoms with Crippen molar-refractivity contribution in [2.75, 3.05) is 0 Å². The molecule has 0 aliphatic carbocycles. The smallest absolute Gasteiger partial charge is 0.387 e. The highest BCUT2D eigenvalue weighted by molar-refractivity contribution is 5.89. The Morgan fingerprint density at radius 2 is 1.73 bits per heavy atom. The molecule has 0 spiro atoms. The Kier molecular flexibility index (Phi) is 5.21. The second-order valence-corrected chi connectivity index (χ2v) is 5.26. The molecule has 26 heavy (non-hydrogen) atoms. The monoisotopic (exact) mass is 360 g/mol. The van der Waals surface area contributed by atoms with Crippen molar-refractivity contribution in [3.05, 3.63) is 66.1 Å². The molecule has 0 aliphatic heterocycles. The lowest BCUT2D eigenvalue weighted by Crippen LogP contribution is -2.10. The molecule has 8 heteroatoms. The molecule has 0 fully saturated rings. The zero-order chi connectivity index (χ0) is 18.5. The number of hydrogen-bond acceptors (Lipinski definition) is 6. The molecule has 2 aromatic carbocycles. The summed E-state index contributed by atoms with van der Waals surface area (Å²) in [6, 6.07) is 14.3. The zero-order valence-electron chi connectivity index (χ0n) is 13.6. The van der Waals surface area contributed by atoms with Crippen molar-refractivity contribution in [2.24, 2.45) is 0 Å². The molecule has 0 unspecified atom stereocenters. The van der Waals surface area contributed by atoms with Crippen LogP contribution in [-0.2, 0) is 4.74 Å². The van der Waals surface area contributed by atoms with Gasteiger partial charge in [-0.2, -0.15) is 8.78 Å². The maximum absolute atomic E-state index is 12.1. The van der Waals surface area contributed by atoms with Crippen LogP contribution in [0.3, 0.4) is 0 Å². The Morgan fingerprint density at radius 3 is 2.38 bits per heavy atom. The quantitative estimate of drug-likeness (QED) is 0.612. The van der Waals surface area contributed by atoms with Crippen molar-refractivity contribution in [3.8, 4) is 17.2 Å². The van der Waals surface area contributed by atoms with Gasteiger partial charge in [0.25, 0.3) is 5.89 Å². The molecule has 6 nitrogen and oxygen atoms in total. The largest absolute Gasteiger partial charge is 0.449 e. The minimum atomic E-state index is -2.93. The van der Waals surface area contributed by atoms with Crippen LogP contribution in [0.4, 0.5) is 8.78 Å². The van der Waals surface area contributed by atoms with Crippen molar-refractivity contribution in [1.82, 2.24) is 10.2 Å². The Morgan fingerprint density at radius 1 is 1.04 bits per heavy atom. The lowest BCUT2D eigenvalue weighted by molar-refractivity contribution is -0.0498. The maximum Gasteiger partial charge on any atom is 0.387 e. The number of rotatable bonds is 6. The van der Waals surface area contributed by atoms with Crippen molar-refractivity contribution < 1.29 is 27.5 Å². The second kappa shape index (κ2) is 7.73. The summed E-state index contributed by atoms with van der Waals surface area (Å²) in [6.45, 7) is -1.33. The van der Waals surface area contributed by atoms with Gasteiger partial charge in [-0.05, 0) is 43.3 Å². The fourth-order valence-corrected chi connectivity index (χ4v) is 2.15. The van der Waals surface area contributed by atoms with Gasteiger partial charge in [-0.25, -0.2) is 4.79 Å². The number of hydrogen-bond donors (Lipinski definition) is 0. The number of halogens is 2. The molecular formula is C18H14F2N2O4. The summed E-state index contributed by atoms with van der Waals surface area (Å²) >= 11 is 0. The Hall–Kier alpha value is -3.29. The molecule has 0 saturated heterocycles. The molecule has 0 bridgehead atoms. The van der Waals surface area contributed by atoms with Crippen LogP contribution in [-0.4, -0.2) is 22.8 Å². The lowest BCUT2D eigenvalue weighted by atomic mass is 10.2. The first-order valence-corrected chi connectivity index (χ1v) is 7.67. The van der Waals surface area contributed by atoms with E-state index in [0.29, 0.717) is 5.89 Å². The standard InChI is InChI=1S/C18H14F2N2O4/c1-11(15-21-22-16(26-15)12-5-3-2-4-6-12)24-17(23)13-7-9-14(10-8-13)25-18(19)20/h2-11,18H,1H3/t11-/m1/s1. The first kappa shape index (κ1) is 17.5. The number of aromatic nitrogens is 2. The average molecular weight is 360 g/mol. The Bertz CT molecular complexity index is 866. The summed E-state index contributed by atoms with van der Waals surface area (Å²) in [5.74, 6) is -0.235. The molecule has 0 amide bonds. The summed E-state index contributed by atoms with van der Waals surface area (Å²) in [4.78, 5) is 12.1. The number of carbonyl (C=O) groups excluding carboxylic acids is 1. The van der Waals surface area contributed by atoms with Gasteiger partial charge in [-0.1, -0.05) is 18.2 Å². The van der Waals surface area contributed by atoms with Crippen molar-refractivity contribution in [1.29, 1.82) is 0 Å². The van der Waals surface area contributed by atoms with Gasteiger partial charge in [-0.15, -0.1) is 10.2 Å². The van der Waals surface area contributed by atoms with Crippen LogP contribution in [0.2, 0.25) is 0 Å². The van der Waals surface area contributed by atoms with Crippen LogP contribution in [0, 0.1) is 0 Å². The van der Waals surface area contributed by atoms with E-state index in [9.17, 15) is 13.6 Å². The van der Waals surface area contributed by atoms with E-state index >= 15 is 0 Å². The Labute approximate surface area is 147 Å². The molecule has 0 radical (unpaired) electrons. The Balaban J connectivity index is 1.65. The average Bonchev–Trinajstić information content (AvgIpc) is 3.13. The third-order valence-corrected chi connectivity index (χ3v) is 3.41. The number of esters is 1. The number of nitrogens with zero attached hydrogens (tertiary/aromatic N) is 2.